The lowest BCUT2D eigenvalue weighted by Gasteiger charge is -2.39. The molecule has 31 heavy (non-hydrogen) atoms. The van der Waals surface area contributed by atoms with Gasteiger partial charge in [-0.1, -0.05) is 27.2 Å². The van der Waals surface area contributed by atoms with Crippen LogP contribution in [0.4, 0.5) is 10.5 Å². The average molecular weight is 434 g/mol. The summed E-state index contributed by atoms with van der Waals surface area (Å²) >= 11 is 0. The number of rotatable bonds is 5. The van der Waals surface area contributed by atoms with Gasteiger partial charge < -0.3 is 14.4 Å². The van der Waals surface area contributed by atoms with Crippen LogP contribution < -0.4 is 4.74 Å². The number of nitriles is 1. The van der Waals surface area contributed by atoms with E-state index in [1.165, 1.54) is 6.07 Å². The van der Waals surface area contributed by atoms with Gasteiger partial charge in [0.2, 0.25) is 0 Å². The Bertz CT molecular complexity index is 811. The molecule has 0 radical (unpaired) electrons. The lowest BCUT2D eigenvalue weighted by molar-refractivity contribution is -0.385. The van der Waals surface area contributed by atoms with Crippen LogP contribution in [0.15, 0.2) is 12.1 Å². The summed E-state index contributed by atoms with van der Waals surface area (Å²) in [4.78, 5) is 24.8. The van der Waals surface area contributed by atoms with Crippen LogP contribution in [0, 0.1) is 34.3 Å². The molecule has 1 aliphatic rings. The molecule has 0 aromatic heterocycles. The van der Waals surface area contributed by atoms with E-state index in [0.29, 0.717) is 25.1 Å². The molecule has 1 aromatic rings. The van der Waals surface area contributed by atoms with Crippen molar-refractivity contribution in [1.29, 1.82) is 5.26 Å². The fourth-order valence-corrected chi connectivity index (χ4v) is 3.55. The molecule has 1 amide bonds. The number of nitro benzene ring substituents is 1. The van der Waals surface area contributed by atoms with Gasteiger partial charge in [-0.25, -0.2) is 4.79 Å². The summed E-state index contributed by atoms with van der Waals surface area (Å²) in [6.45, 7) is 14.3. The maximum absolute atomic E-state index is 12.4. The van der Waals surface area contributed by atoms with E-state index in [1.807, 2.05) is 40.7 Å². The summed E-state index contributed by atoms with van der Waals surface area (Å²) in [6, 6.07) is 4.85. The minimum absolute atomic E-state index is 0.0477. The first kappa shape index (κ1) is 26.2. The van der Waals surface area contributed by atoms with E-state index in [1.54, 1.807) is 17.9 Å². The molecule has 2 rings (SSSR count). The third-order valence-corrected chi connectivity index (χ3v) is 4.89. The summed E-state index contributed by atoms with van der Waals surface area (Å²) < 4.78 is 11.7. The van der Waals surface area contributed by atoms with Crippen molar-refractivity contribution in [3.63, 3.8) is 0 Å². The van der Waals surface area contributed by atoms with E-state index in [2.05, 4.69) is 6.92 Å². The number of carbonyl (C=O) groups excluding carboxylic acids is 1. The number of piperidine rings is 1. The van der Waals surface area contributed by atoms with Gasteiger partial charge in [0.15, 0.2) is 5.56 Å². The molecule has 0 N–H and O–H groups in total. The molecule has 1 aliphatic heterocycles. The van der Waals surface area contributed by atoms with Gasteiger partial charge in [-0.05, 0) is 45.7 Å². The quantitative estimate of drug-likeness (QED) is 0.442. The molecule has 0 saturated carbocycles. The van der Waals surface area contributed by atoms with Crippen molar-refractivity contribution in [3.8, 4) is 11.8 Å². The van der Waals surface area contributed by atoms with Crippen molar-refractivity contribution >= 4 is 11.8 Å². The Morgan fingerprint density at radius 3 is 2.52 bits per heavy atom. The van der Waals surface area contributed by atoms with Crippen LogP contribution >= 0.6 is 0 Å². The highest BCUT2D eigenvalue weighted by Crippen LogP contribution is 2.35. The molecule has 1 fully saturated rings. The van der Waals surface area contributed by atoms with Gasteiger partial charge in [0.25, 0.3) is 5.69 Å². The molecule has 172 valence electrons. The molecule has 2 atom stereocenters. The van der Waals surface area contributed by atoms with Crippen LogP contribution in [-0.4, -0.2) is 40.7 Å². The Kier molecular flexibility index (Phi) is 9.76. The Morgan fingerprint density at radius 2 is 2.00 bits per heavy atom. The van der Waals surface area contributed by atoms with Crippen molar-refractivity contribution in [2.75, 3.05) is 13.1 Å². The Balaban J connectivity index is 0.00000233. The number of amides is 1. The van der Waals surface area contributed by atoms with Crippen molar-refractivity contribution < 1.29 is 19.2 Å². The Labute approximate surface area is 185 Å². The highest BCUT2D eigenvalue weighted by atomic mass is 16.6. The first-order valence-corrected chi connectivity index (χ1v) is 10.9. The number of likely N-dealkylation sites (tertiary alicyclic amines) is 1. The van der Waals surface area contributed by atoms with Crippen LogP contribution in [0.3, 0.4) is 0 Å². The van der Waals surface area contributed by atoms with E-state index < -0.39 is 10.5 Å². The molecule has 8 nitrogen and oxygen atoms in total. The zero-order valence-electron chi connectivity index (χ0n) is 19.7. The van der Waals surface area contributed by atoms with Gasteiger partial charge >= 0.3 is 6.09 Å². The zero-order valence-corrected chi connectivity index (χ0v) is 19.7. The van der Waals surface area contributed by atoms with Crippen LogP contribution in [0.1, 0.15) is 71.9 Å². The average Bonchev–Trinajstić information content (AvgIpc) is 2.70. The topological polar surface area (TPSA) is 106 Å². The smallest absolute Gasteiger partial charge is 0.410 e. The second-order valence-electron chi connectivity index (χ2n) is 8.39. The normalized spacial score (nSPS) is 18.3. The molecule has 0 aliphatic carbocycles. The molecular formula is C23H35N3O5. The lowest BCUT2D eigenvalue weighted by atomic mass is 9.90. The summed E-state index contributed by atoms with van der Waals surface area (Å²) in [5.74, 6) is 0.310. The predicted molar refractivity (Wildman–Crippen MR) is 119 cm³/mol. The lowest BCUT2D eigenvalue weighted by Crippen LogP contribution is -2.49. The summed E-state index contributed by atoms with van der Waals surface area (Å²) in [5, 5.41) is 20.8. The molecule has 1 aromatic carbocycles. The number of carbonyl (C=O) groups is 1. The van der Waals surface area contributed by atoms with E-state index in [9.17, 15) is 20.2 Å². The molecule has 0 spiro atoms. The third kappa shape index (κ3) is 7.12. The minimum atomic E-state index is -0.570. The second-order valence-corrected chi connectivity index (χ2v) is 8.39. The third-order valence-electron chi connectivity index (χ3n) is 4.89. The van der Waals surface area contributed by atoms with Crippen LogP contribution in [0.5, 0.6) is 5.75 Å². The molecule has 2 unspecified atom stereocenters. The van der Waals surface area contributed by atoms with E-state index in [-0.39, 0.29) is 35.1 Å². The van der Waals surface area contributed by atoms with Gasteiger partial charge in [0.1, 0.15) is 23.5 Å². The van der Waals surface area contributed by atoms with E-state index in [0.717, 1.165) is 12.8 Å². The van der Waals surface area contributed by atoms with Crippen LogP contribution in [0.2, 0.25) is 0 Å². The molecule has 8 heteroatoms. The molecule has 1 saturated heterocycles. The Morgan fingerprint density at radius 1 is 1.35 bits per heavy atom. The number of nitro groups is 1. The van der Waals surface area contributed by atoms with Gasteiger partial charge in [-0.2, -0.15) is 5.26 Å². The number of nitrogens with zero attached hydrogens (tertiary/aromatic N) is 3. The Hall–Kier alpha value is -2.82. The van der Waals surface area contributed by atoms with Gasteiger partial charge in [-0.15, -0.1) is 0 Å². The molecule has 0 bridgehead atoms. The zero-order chi connectivity index (χ0) is 23.8. The van der Waals surface area contributed by atoms with Gasteiger partial charge in [0, 0.05) is 31.5 Å². The largest absolute Gasteiger partial charge is 0.488 e. The van der Waals surface area contributed by atoms with Crippen molar-refractivity contribution in [1.82, 2.24) is 4.90 Å². The molecule has 1 heterocycles. The SMILES string of the molecule is CC.CCCC1CN(C(=O)OC(C)(C)C)CCC1Oc1c(C)ccc([N+](=O)[O-])c1C#N. The predicted octanol–water partition coefficient (Wildman–Crippen LogP) is 5.61. The van der Waals surface area contributed by atoms with Crippen molar-refractivity contribution in [3.05, 3.63) is 33.4 Å². The number of benzene rings is 1. The van der Waals surface area contributed by atoms with Gasteiger partial charge in [-0.3, -0.25) is 10.1 Å². The summed E-state index contributed by atoms with van der Waals surface area (Å²) in [6.07, 6.45) is 1.73. The van der Waals surface area contributed by atoms with Crippen LogP contribution in [0.25, 0.3) is 0 Å². The van der Waals surface area contributed by atoms with Gasteiger partial charge in [0.05, 0.1) is 4.92 Å². The maximum Gasteiger partial charge on any atom is 0.410 e. The summed E-state index contributed by atoms with van der Waals surface area (Å²) in [5.41, 5.74) is -0.199. The standard InChI is InChI=1S/C21H29N3O5.C2H6/c1-6-7-15-13-23(20(25)29-21(3,4)5)11-10-18(15)28-19-14(2)8-9-17(24(26)27)16(19)12-22;1-2/h8-9,15,18H,6-7,10-11,13H2,1-5H3;1-2H3. The fraction of sp³-hybridized carbons (Fsp3) is 0.652. The number of hydrogen-bond acceptors (Lipinski definition) is 6. The number of ether oxygens (including phenoxy) is 2. The second kappa shape index (κ2) is 11.5. The van der Waals surface area contributed by atoms with Crippen molar-refractivity contribution in [2.24, 2.45) is 5.92 Å². The summed E-state index contributed by atoms with van der Waals surface area (Å²) in [7, 11) is 0. The maximum atomic E-state index is 12.4. The monoisotopic (exact) mass is 433 g/mol. The number of hydrogen-bond donors (Lipinski definition) is 0. The minimum Gasteiger partial charge on any atom is -0.488 e. The highest BCUT2D eigenvalue weighted by molar-refractivity contribution is 5.68. The fourth-order valence-electron chi connectivity index (χ4n) is 3.55. The first-order chi connectivity index (χ1) is 14.6. The molecular weight excluding hydrogens is 398 g/mol. The number of aryl methyl sites for hydroxylation is 1. The highest BCUT2D eigenvalue weighted by Gasteiger charge is 2.35. The first-order valence-electron chi connectivity index (χ1n) is 10.9. The van der Waals surface area contributed by atoms with Crippen LogP contribution in [-0.2, 0) is 4.74 Å². The van der Waals surface area contributed by atoms with E-state index >= 15 is 0 Å². The van der Waals surface area contributed by atoms with E-state index in [4.69, 9.17) is 9.47 Å². The van der Waals surface area contributed by atoms with Crippen molar-refractivity contribution in [2.45, 2.75) is 79.4 Å².